The third-order valence-electron chi connectivity index (χ3n) is 3.68. The number of benzene rings is 1. The largest absolute Gasteiger partial charge is 0.481 e. The third kappa shape index (κ3) is 3.57. The van der Waals surface area contributed by atoms with Crippen LogP contribution in [0.1, 0.15) is 6.42 Å². The van der Waals surface area contributed by atoms with E-state index in [1.54, 1.807) is 36.4 Å². The quantitative estimate of drug-likeness (QED) is 0.724. The number of aromatic nitrogens is 3. The number of para-hydroxylation sites is 1. The van der Waals surface area contributed by atoms with E-state index in [0.29, 0.717) is 22.5 Å². The Morgan fingerprint density at radius 3 is 2.76 bits per heavy atom. The molecule has 0 aliphatic heterocycles. The van der Waals surface area contributed by atoms with E-state index < -0.39 is 11.2 Å². The highest BCUT2D eigenvalue weighted by Gasteiger charge is 2.09. The lowest BCUT2D eigenvalue weighted by molar-refractivity contribution is -0.116. The molecule has 0 unspecified atom stereocenters. The van der Waals surface area contributed by atoms with Gasteiger partial charge in [0.2, 0.25) is 11.8 Å². The van der Waals surface area contributed by atoms with Crippen LogP contribution in [0.15, 0.2) is 52.2 Å². The molecule has 3 aromatic rings. The molecule has 3 rings (SSSR count). The predicted molar refractivity (Wildman–Crippen MR) is 92.9 cm³/mol. The van der Waals surface area contributed by atoms with E-state index in [1.807, 2.05) is 0 Å². The number of rotatable bonds is 5. The number of carbonyl (C=O) groups excluding carboxylic acids is 1. The van der Waals surface area contributed by atoms with Crippen LogP contribution in [0.2, 0.25) is 0 Å². The highest BCUT2D eigenvalue weighted by atomic mass is 16.5. The summed E-state index contributed by atoms with van der Waals surface area (Å²) in [6.45, 7) is -0.0194. The Kier molecular flexibility index (Phi) is 4.60. The minimum Gasteiger partial charge on any atom is -0.481 e. The summed E-state index contributed by atoms with van der Waals surface area (Å²) < 4.78 is 5.96. The monoisotopic (exact) mass is 340 g/mol. The maximum absolute atomic E-state index is 12.4. The molecular formula is C17H16N4O4. The number of nitrogens with zero attached hydrogens (tertiary/aromatic N) is 2. The van der Waals surface area contributed by atoms with Gasteiger partial charge in [0.1, 0.15) is 0 Å². The van der Waals surface area contributed by atoms with E-state index in [2.05, 4.69) is 15.3 Å². The number of methoxy groups -OCH3 is 1. The maximum Gasteiger partial charge on any atom is 0.328 e. The molecule has 1 amide bonds. The van der Waals surface area contributed by atoms with Crippen LogP contribution in [-0.4, -0.2) is 27.6 Å². The van der Waals surface area contributed by atoms with Crippen LogP contribution in [0.25, 0.3) is 10.9 Å². The van der Waals surface area contributed by atoms with Crippen molar-refractivity contribution in [3.8, 4) is 5.88 Å². The molecule has 0 atom stereocenters. The molecule has 0 bridgehead atoms. The van der Waals surface area contributed by atoms with Gasteiger partial charge in [0.05, 0.1) is 29.9 Å². The number of carbonyl (C=O) groups is 1. The van der Waals surface area contributed by atoms with Gasteiger partial charge in [-0.2, -0.15) is 0 Å². The molecule has 0 saturated carbocycles. The number of ether oxygens (including phenoxy) is 1. The zero-order valence-electron chi connectivity index (χ0n) is 13.5. The van der Waals surface area contributed by atoms with Crippen molar-refractivity contribution in [2.24, 2.45) is 0 Å². The molecular weight excluding hydrogens is 324 g/mol. The predicted octanol–water partition coefficient (Wildman–Crippen LogP) is 1.12. The normalized spacial score (nSPS) is 10.6. The second-order valence-corrected chi connectivity index (χ2v) is 5.32. The van der Waals surface area contributed by atoms with Crippen LogP contribution in [0.3, 0.4) is 0 Å². The molecule has 0 spiro atoms. The van der Waals surface area contributed by atoms with Crippen LogP contribution in [0.5, 0.6) is 5.88 Å². The molecule has 2 N–H and O–H groups in total. The average Bonchev–Trinajstić information content (AvgIpc) is 2.62. The summed E-state index contributed by atoms with van der Waals surface area (Å²) in [5, 5.41) is 3.06. The van der Waals surface area contributed by atoms with Crippen molar-refractivity contribution in [2.45, 2.75) is 13.0 Å². The molecule has 2 aromatic heterocycles. The van der Waals surface area contributed by atoms with Gasteiger partial charge in [-0.1, -0.05) is 12.1 Å². The number of pyridine rings is 1. The van der Waals surface area contributed by atoms with Crippen molar-refractivity contribution < 1.29 is 9.53 Å². The molecule has 2 heterocycles. The number of hydrogen-bond acceptors (Lipinski definition) is 5. The van der Waals surface area contributed by atoms with Crippen molar-refractivity contribution in [1.29, 1.82) is 0 Å². The minimum absolute atomic E-state index is 0.0194. The third-order valence-corrected chi connectivity index (χ3v) is 3.68. The highest BCUT2D eigenvalue weighted by Crippen LogP contribution is 2.11. The van der Waals surface area contributed by atoms with E-state index >= 15 is 0 Å². The second kappa shape index (κ2) is 7.00. The number of fused-ring (bicyclic) bond motifs is 1. The van der Waals surface area contributed by atoms with Gasteiger partial charge in [0.25, 0.3) is 5.56 Å². The van der Waals surface area contributed by atoms with Gasteiger partial charge in [-0.15, -0.1) is 0 Å². The molecule has 128 valence electrons. The first-order valence-corrected chi connectivity index (χ1v) is 7.60. The standard InChI is InChI=1S/C17H16N4O4/c1-25-15-7-6-11(10-18-15)19-14(22)8-9-21-16(23)12-4-2-3-5-13(12)20-17(21)24/h2-7,10H,8-9H2,1H3,(H,19,22)(H,20,24). The number of hydrogen-bond donors (Lipinski definition) is 2. The Morgan fingerprint density at radius 2 is 2.04 bits per heavy atom. The lowest BCUT2D eigenvalue weighted by atomic mass is 10.2. The average molecular weight is 340 g/mol. The van der Waals surface area contributed by atoms with Crippen LogP contribution < -0.4 is 21.3 Å². The summed E-state index contributed by atoms with van der Waals surface area (Å²) in [6.07, 6.45) is 1.44. The topological polar surface area (TPSA) is 106 Å². The van der Waals surface area contributed by atoms with Crippen LogP contribution >= 0.6 is 0 Å². The zero-order valence-corrected chi connectivity index (χ0v) is 13.5. The first-order chi connectivity index (χ1) is 12.1. The fraction of sp³-hybridized carbons (Fsp3) is 0.176. The summed E-state index contributed by atoms with van der Waals surface area (Å²) in [5.74, 6) is 0.110. The summed E-state index contributed by atoms with van der Waals surface area (Å²) >= 11 is 0. The van der Waals surface area contributed by atoms with Crippen molar-refractivity contribution in [3.63, 3.8) is 0 Å². The van der Waals surface area contributed by atoms with Gasteiger partial charge in [0, 0.05) is 19.0 Å². The van der Waals surface area contributed by atoms with E-state index in [-0.39, 0.29) is 18.9 Å². The fourth-order valence-electron chi connectivity index (χ4n) is 2.41. The fourth-order valence-corrected chi connectivity index (χ4v) is 2.41. The van der Waals surface area contributed by atoms with Gasteiger partial charge < -0.3 is 15.0 Å². The molecule has 8 heteroatoms. The Balaban J connectivity index is 1.72. The number of aromatic amines is 1. The molecule has 25 heavy (non-hydrogen) atoms. The SMILES string of the molecule is COc1ccc(NC(=O)CCn2c(=O)[nH]c3ccccc3c2=O)cn1. The van der Waals surface area contributed by atoms with E-state index in [4.69, 9.17) is 4.74 Å². The van der Waals surface area contributed by atoms with Gasteiger partial charge in [-0.25, -0.2) is 9.78 Å². The molecule has 0 aliphatic rings. The first-order valence-electron chi connectivity index (χ1n) is 7.60. The lowest BCUT2D eigenvalue weighted by Gasteiger charge is -2.08. The number of anilines is 1. The van der Waals surface area contributed by atoms with Crippen molar-refractivity contribution in [3.05, 3.63) is 63.4 Å². The van der Waals surface area contributed by atoms with Crippen molar-refractivity contribution in [1.82, 2.24) is 14.5 Å². The zero-order chi connectivity index (χ0) is 17.8. The number of amides is 1. The van der Waals surface area contributed by atoms with E-state index in [9.17, 15) is 14.4 Å². The maximum atomic E-state index is 12.4. The molecule has 0 aliphatic carbocycles. The molecule has 8 nitrogen and oxygen atoms in total. The van der Waals surface area contributed by atoms with Crippen molar-refractivity contribution >= 4 is 22.5 Å². The van der Waals surface area contributed by atoms with Crippen molar-refractivity contribution in [2.75, 3.05) is 12.4 Å². The van der Waals surface area contributed by atoms with Gasteiger partial charge in [-0.3, -0.25) is 14.2 Å². The van der Waals surface area contributed by atoms with Crippen LogP contribution in [-0.2, 0) is 11.3 Å². The minimum atomic E-state index is -0.539. The summed E-state index contributed by atoms with van der Waals surface area (Å²) in [6, 6.07) is 10.0. The molecule has 0 saturated heterocycles. The molecule has 0 radical (unpaired) electrons. The summed E-state index contributed by atoms with van der Waals surface area (Å²) in [5.41, 5.74) is 0.0222. The summed E-state index contributed by atoms with van der Waals surface area (Å²) in [4.78, 5) is 43.1. The Morgan fingerprint density at radius 1 is 1.24 bits per heavy atom. The van der Waals surface area contributed by atoms with Crippen LogP contribution in [0, 0.1) is 0 Å². The lowest BCUT2D eigenvalue weighted by Crippen LogP contribution is -2.36. The number of nitrogens with one attached hydrogen (secondary N) is 2. The Hall–Kier alpha value is -3.42. The van der Waals surface area contributed by atoms with E-state index in [0.717, 1.165) is 4.57 Å². The van der Waals surface area contributed by atoms with Crippen LogP contribution in [0.4, 0.5) is 5.69 Å². The van der Waals surface area contributed by atoms with Gasteiger partial charge in [0.15, 0.2) is 0 Å². The first kappa shape index (κ1) is 16.4. The Labute approximate surface area is 142 Å². The Bertz CT molecular complexity index is 1020. The molecule has 1 aromatic carbocycles. The van der Waals surface area contributed by atoms with E-state index in [1.165, 1.54) is 13.3 Å². The molecule has 0 fully saturated rings. The summed E-state index contributed by atoms with van der Waals surface area (Å²) in [7, 11) is 1.50. The number of H-pyrrole nitrogens is 1. The smallest absolute Gasteiger partial charge is 0.328 e. The van der Waals surface area contributed by atoms with Gasteiger partial charge in [-0.05, 0) is 18.2 Å². The highest BCUT2D eigenvalue weighted by molar-refractivity contribution is 5.90. The van der Waals surface area contributed by atoms with Gasteiger partial charge >= 0.3 is 5.69 Å². The second-order valence-electron chi connectivity index (χ2n) is 5.32.